The van der Waals surface area contributed by atoms with Crippen molar-refractivity contribution in [2.24, 2.45) is 15.7 Å². The van der Waals surface area contributed by atoms with Crippen LogP contribution in [0.2, 0.25) is 0 Å². The van der Waals surface area contributed by atoms with Gasteiger partial charge in [-0.25, -0.2) is 9.98 Å². The van der Waals surface area contributed by atoms with Gasteiger partial charge in [-0.3, -0.25) is 5.32 Å². The second kappa shape index (κ2) is 5.87. The van der Waals surface area contributed by atoms with Crippen LogP contribution >= 0.6 is 0 Å². The van der Waals surface area contributed by atoms with E-state index >= 15 is 0 Å². The molecule has 0 saturated heterocycles. The van der Waals surface area contributed by atoms with Crippen molar-refractivity contribution in [2.45, 2.75) is 37.8 Å². The van der Waals surface area contributed by atoms with Crippen molar-refractivity contribution in [2.75, 3.05) is 24.3 Å². The van der Waals surface area contributed by atoms with Gasteiger partial charge in [-0.15, -0.1) is 0 Å². The van der Waals surface area contributed by atoms with E-state index in [0.29, 0.717) is 11.9 Å². The van der Waals surface area contributed by atoms with E-state index in [2.05, 4.69) is 32.7 Å². The molecule has 1 saturated carbocycles. The second-order valence-electron chi connectivity index (χ2n) is 6.19. The van der Waals surface area contributed by atoms with Gasteiger partial charge < -0.3 is 16.0 Å². The number of rotatable bonds is 2. The standard InChI is InChI=1S/C16H24N6/c1-22(2)13-8-6-12(7-9-13)18-15-19-14(17)20-16(21-15)10-4-3-5-11-16/h6-9H,3-5,10-11H2,1-2H3,(H4,17,18,19,20,21). The molecule has 118 valence electrons. The molecular weight excluding hydrogens is 276 g/mol. The van der Waals surface area contributed by atoms with Crippen molar-refractivity contribution >= 4 is 23.3 Å². The van der Waals surface area contributed by atoms with E-state index in [-0.39, 0.29) is 5.66 Å². The van der Waals surface area contributed by atoms with Crippen molar-refractivity contribution in [3.63, 3.8) is 0 Å². The minimum atomic E-state index is -0.362. The van der Waals surface area contributed by atoms with E-state index in [1.165, 1.54) is 6.42 Å². The van der Waals surface area contributed by atoms with Gasteiger partial charge in [-0.05, 0) is 49.9 Å². The summed E-state index contributed by atoms with van der Waals surface area (Å²) in [4.78, 5) is 11.4. The van der Waals surface area contributed by atoms with Crippen molar-refractivity contribution in [1.29, 1.82) is 0 Å². The molecule has 6 nitrogen and oxygen atoms in total. The Morgan fingerprint density at radius 2 is 1.77 bits per heavy atom. The van der Waals surface area contributed by atoms with Crippen LogP contribution in [0.5, 0.6) is 0 Å². The maximum atomic E-state index is 5.96. The average Bonchev–Trinajstić information content (AvgIpc) is 2.47. The Kier molecular flexibility index (Phi) is 3.92. The third-order valence-corrected chi connectivity index (χ3v) is 4.20. The molecule has 2 aliphatic rings. The molecule has 1 fully saturated rings. The van der Waals surface area contributed by atoms with Gasteiger partial charge in [-0.2, -0.15) is 0 Å². The summed E-state index contributed by atoms with van der Waals surface area (Å²) in [6.07, 6.45) is 5.52. The van der Waals surface area contributed by atoms with Gasteiger partial charge in [0.25, 0.3) is 0 Å². The first kappa shape index (κ1) is 14.7. The first-order valence-corrected chi connectivity index (χ1v) is 7.83. The van der Waals surface area contributed by atoms with Crippen molar-refractivity contribution < 1.29 is 0 Å². The summed E-state index contributed by atoms with van der Waals surface area (Å²) in [6.45, 7) is 0. The third kappa shape index (κ3) is 3.16. The molecule has 1 aliphatic carbocycles. The number of hydrogen-bond donors (Lipinski definition) is 3. The van der Waals surface area contributed by atoms with Crippen LogP contribution in [-0.2, 0) is 0 Å². The average molecular weight is 300 g/mol. The van der Waals surface area contributed by atoms with Gasteiger partial charge >= 0.3 is 0 Å². The lowest BCUT2D eigenvalue weighted by molar-refractivity contribution is 0.307. The van der Waals surface area contributed by atoms with Crippen LogP contribution < -0.4 is 21.3 Å². The summed E-state index contributed by atoms with van der Waals surface area (Å²) in [5.74, 6) is 1.14. The van der Waals surface area contributed by atoms with E-state index in [4.69, 9.17) is 10.7 Å². The predicted octanol–water partition coefficient (Wildman–Crippen LogP) is 2.10. The van der Waals surface area contributed by atoms with Crippen molar-refractivity contribution in [3.8, 4) is 0 Å². The molecule has 4 N–H and O–H groups in total. The Labute approximate surface area is 131 Å². The van der Waals surface area contributed by atoms with Crippen LogP contribution in [0.3, 0.4) is 0 Å². The molecule has 0 aromatic heterocycles. The van der Waals surface area contributed by atoms with Gasteiger partial charge in [0, 0.05) is 25.5 Å². The van der Waals surface area contributed by atoms with Crippen LogP contribution in [0.1, 0.15) is 32.1 Å². The maximum absolute atomic E-state index is 5.96. The smallest absolute Gasteiger partial charge is 0.205 e. The molecule has 0 bridgehead atoms. The summed E-state index contributed by atoms with van der Waals surface area (Å²) in [6, 6.07) is 8.21. The summed E-state index contributed by atoms with van der Waals surface area (Å²) in [5.41, 5.74) is 7.74. The van der Waals surface area contributed by atoms with E-state index < -0.39 is 0 Å². The van der Waals surface area contributed by atoms with Crippen LogP contribution in [0.25, 0.3) is 0 Å². The first-order chi connectivity index (χ1) is 10.6. The second-order valence-corrected chi connectivity index (χ2v) is 6.19. The number of aliphatic imine (C=N–C) groups is 2. The Hall–Kier alpha value is -2.24. The number of nitrogens with one attached hydrogen (secondary N) is 2. The number of guanidine groups is 2. The topological polar surface area (TPSA) is 78.0 Å². The minimum Gasteiger partial charge on any atom is -0.378 e. The monoisotopic (exact) mass is 300 g/mol. The molecule has 1 aromatic carbocycles. The van der Waals surface area contributed by atoms with Gasteiger partial charge in [0.1, 0.15) is 0 Å². The highest BCUT2D eigenvalue weighted by Gasteiger charge is 2.34. The molecule has 1 heterocycles. The highest BCUT2D eigenvalue weighted by molar-refractivity contribution is 6.06. The van der Waals surface area contributed by atoms with Crippen LogP contribution in [0, 0.1) is 0 Å². The highest BCUT2D eigenvalue weighted by Crippen LogP contribution is 2.34. The molecular formula is C16H24N6. The first-order valence-electron chi connectivity index (χ1n) is 7.83. The Morgan fingerprint density at radius 1 is 1.09 bits per heavy atom. The predicted molar refractivity (Wildman–Crippen MR) is 92.4 cm³/mol. The highest BCUT2D eigenvalue weighted by atomic mass is 15.3. The van der Waals surface area contributed by atoms with Crippen LogP contribution in [-0.4, -0.2) is 31.7 Å². The Balaban J connectivity index is 1.76. The number of hydrogen-bond acceptors (Lipinski definition) is 6. The largest absolute Gasteiger partial charge is 0.378 e. The molecule has 0 atom stereocenters. The number of anilines is 2. The summed E-state index contributed by atoms with van der Waals surface area (Å²) >= 11 is 0. The zero-order valence-electron chi connectivity index (χ0n) is 13.3. The van der Waals surface area contributed by atoms with E-state index in [1.54, 1.807) is 0 Å². The quantitative estimate of drug-likeness (QED) is 0.781. The van der Waals surface area contributed by atoms with Crippen LogP contribution in [0.15, 0.2) is 34.3 Å². The molecule has 6 heteroatoms. The van der Waals surface area contributed by atoms with E-state index in [9.17, 15) is 0 Å². The van der Waals surface area contributed by atoms with Gasteiger partial charge in [-0.1, -0.05) is 6.42 Å². The fourth-order valence-corrected chi connectivity index (χ4v) is 3.01. The molecule has 0 radical (unpaired) electrons. The molecule has 0 amide bonds. The molecule has 22 heavy (non-hydrogen) atoms. The summed E-state index contributed by atoms with van der Waals surface area (Å²) in [7, 11) is 4.05. The SMILES string of the molecule is CN(C)c1ccc(NC2=NC3(CCCCC3)N=C(N)N2)cc1. The van der Waals surface area contributed by atoms with Gasteiger partial charge in [0.2, 0.25) is 5.96 Å². The molecule has 1 aliphatic heterocycles. The lowest BCUT2D eigenvalue weighted by Gasteiger charge is -2.34. The third-order valence-electron chi connectivity index (χ3n) is 4.20. The fourth-order valence-electron chi connectivity index (χ4n) is 3.01. The van der Waals surface area contributed by atoms with Crippen molar-refractivity contribution in [3.05, 3.63) is 24.3 Å². The normalized spacial score (nSPS) is 19.9. The number of benzene rings is 1. The Morgan fingerprint density at radius 3 is 2.41 bits per heavy atom. The molecule has 0 unspecified atom stereocenters. The molecule has 1 aromatic rings. The minimum absolute atomic E-state index is 0.362. The maximum Gasteiger partial charge on any atom is 0.205 e. The van der Waals surface area contributed by atoms with Gasteiger partial charge in [0.15, 0.2) is 11.6 Å². The van der Waals surface area contributed by atoms with Crippen LogP contribution in [0.4, 0.5) is 11.4 Å². The lowest BCUT2D eigenvalue weighted by Crippen LogP contribution is -2.49. The molecule has 1 spiro atoms. The number of nitrogens with two attached hydrogens (primary N) is 1. The van der Waals surface area contributed by atoms with E-state index in [0.717, 1.165) is 37.1 Å². The van der Waals surface area contributed by atoms with E-state index in [1.807, 2.05) is 26.2 Å². The zero-order valence-corrected chi connectivity index (χ0v) is 13.3. The lowest BCUT2D eigenvalue weighted by atomic mass is 9.90. The number of nitrogens with zero attached hydrogens (tertiary/aromatic N) is 3. The van der Waals surface area contributed by atoms with Crippen molar-refractivity contribution in [1.82, 2.24) is 5.32 Å². The fraction of sp³-hybridized carbons (Fsp3) is 0.500. The Bertz CT molecular complexity index is 581. The molecule has 3 rings (SSSR count). The summed E-state index contributed by atoms with van der Waals surface area (Å²) < 4.78 is 0. The zero-order chi connectivity index (χ0) is 15.6. The van der Waals surface area contributed by atoms with Gasteiger partial charge in [0.05, 0.1) is 0 Å². The summed E-state index contributed by atoms with van der Waals surface area (Å²) in [5, 5.41) is 6.34.